The highest BCUT2D eigenvalue weighted by Crippen LogP contribution is 2.72. The average molecular weight is 296 g/mol. The lowest BCUT2D eigenvalue weighted by Crippen LogP contribution is -2.25. The van der Waals surface area contributed by atoms with Crippen molar-refractivity contribution in [3.8, 4) is 0 Å². The molecular formula is C16H19F3N2. The molecule has 5 unspecified atom stereocenters. The second-order valence-electron chi connectivity index (χ2n) is 6.79. The van der Waals surface area contributed by atoms with Gasteiger partial charge in [0.25, 0.3) is 0 Å². The van der Waals surface area contributed by atoms with E-state index >= 15 is 0 Å². The molecule has 0 spiro atoms. The Balaban J connectivity index is 1.66. The van der Waals surface area contributed by atoms with Crippen molar-refractivity contribution in [1.82, 2.24) is 10.3 Å². The Labute approximate surface area is 122 Å². The van der Waals surface area contributed by atoms with E-state index in [1.54, 1.807) is 7.05 Å². The fourth-order valence-electron chi connectivity index (χ4n) is 5.31. The summed E-state index contributed by atoms with van der Waals surface area (Å²) in [5, 5.41) is 3.15. The standard InChI is InChI=1S/C16H19F3N2/c1-20-15(10-7-21-5-4-11(10)16(17,18)19)14-12-8-2-3-9(6-8)13(12)14/h4-5,7-9,12-15,20H,2-3,6H2,1H3. The predicted molar refractivity (Wildman–Crippen MR) is 72.3 cm³/mol. The monoisotopic (exact) mass is 296 g/mol. The summed E-state index contributed by atoms with van der Waals surface area (Å²) in [6, 6.07) is 0.889. The van der Waals surface area contributed by atoms with E-state index in [0.717, 1.165) is 17.9 Å². The Morgan fingerprint density at radius 2 is 1.90 bits per heavy atom. The quantitative estimate of drug-likeness (QED) is 0.921. The molecule has 0 radical (unpaired) electrons. The van der Waals surface area contributed by atoms with E-state index in [2.05, 4.69) is 10.3 Å². The van der Waals surface area contributed by atoms with Gasteiger partial charge in [0.1, 0.15) is 0 Å². The lowest BCUT2D eigenvalue weighted by molar-refractivity contribution is -0.138. The van der Waals surface area contributed by atoms with Crippen molar-refractivity contribution in [1.29, 1.82) is 0 Å². The zero-order valence-corrected chi connectivity index (χ0v) is 11.9. The van der Waals surface area contributed by atoms with Gasteiger partial charge < -0.3 is 5.32 Å². The first-order valence-electron chi connectivity index (χ1n) is 7.70. The van der Waals surface area contributed by atoms with E-state index in [4.69, 9.17) is 0 Å². The number of fused-ring (bicyclic) bond motifs is 5. The fourth-order valence-corrected chi connectivity index (χ4v) is 5.31. The molecule has 5 heteroatoms. The lowest BCUT2D eigenvalue weighted by atomic mass is 9.91. The van der Waals surface area contributed by atoms with Gasteiger partial charge in [-0.3, -0.25) is 4.98 Å². The smallest absolute Gasteiger partial charge is 0.313 e. The molecule has 0 aliphatic heterocycles. The molecule has 114 valence electrons. The third-order valence-electron chi connectivity index (χ3n) is 5.98. The number of hydrogen-bond acceptors (Lipinski definition) is 2. The molecular weight excluding hydrogens is 277 g/mol. The van der Waals surface area contributed by atoms with Crippen LogP contribution in [0.2, 0.25) is 0 Å². The fraction of sp³-hybridized carbons (Fsp3) is 0.688. The number of nitrogens with one attached hydrogen (secondary N) is 1. The first-order valence-corrected chi connectivity index (χ1v) is 7.70. The number of pyridine rings is 1. The molecule has 3 saturated carbocycles. The van der Waals surface area contributed by atoms with Crippen LogP contribution >= 0.6 is 0 Å². The molecule has 2 nitrogen and oxygen atoms in total. The first kappa shape index (κ1) is 13.6. The zero-order chi connectivity index (χ0) is 14.8. The number of hydrogen-bond donors (Lipinski definition) is 1. The van der Waals surface area contributed by atoms with Crippen LogP contribution in [0.25, 0.3) is 0 Å². The van der Waals surface area contributed by atoms with E-state index < -0.39 is 11.7 Å². The molecule has 1 N–H and O–H groups in total. The van der Waals surface area contributed by atoms with Crippen molar-refractivity contribution in [3.63, 3.8) is 0 Å². The highest BCUT2D eigenvalue weighted by atomic mass is 19.4. The van der Waals surface area contributed by atoms with Gasteiger partial charge in [0.15, 0.2) is 0 Å². The molecule has 3 aliphatic rings. The summed E-state index contributed by atoms with van der Waals surface area (Å²) in [6.07, 6.45) is 2.18. The summed E-state index contributed by atoms with van der Waals surface area (Å²) in [5.41, 5.74) is -0.208. The average Bonchev–Trinajstić information content (AvgIpc) is 2.87. The molecule has 3 aliphatic carbocycles. The van der Waals surface area contributed by atoms with Gasteiger partial charge in [-0.1, -0.05) is 0 Å². The molecule has 3 fully saturated rings. The van der Waals surface area contributed by atoms with Crippen LogP contribution in [0.1, 0.15) is 36.4 Å². The van der Waals surface area contributed by atoms with E-state index in [0.29, 0.717) is 23.3 Å². The lowest BCUT2D eigenvalue weighted by Gasteiger charge is -2.23. The van der Waals surface area contributed by atoms with E-state index in [9.17, 15) is 13.2 Å². The molecule has 1 aromatic heterocycles. The molecule has 0 saturated heterocycles. The van der Waals surface area contributed by atoms with E-state index in [-0.39, 0.29) is 6.04 Å². The Kier molecular flexibility index (Phi) is 2.87. The van der Waals surface area contributed by atoms with Crippen LogP contribution in [-0.4, -0.2) is 12.0 Å². The topological polar surface area (TPSA) is 24.9 Å². The SMILES string of the molecule is CNC(c1cnccc1C(F)(F)F)C1C2C3CCC(C3)C21. The molecule has 21 heavy (non-hydrogen) atoms. The van der Waals surface area contributed by atoms with Crippen molar-refractivity contribution in [2.45, 2.75) is 31.5 Å². The summed E-state index contributed by atoms with van der Waals surface area (Å²) in [6.45, 7) is 0. The van der Waals surface area contributed by atoms with Crippen LogP contribution in [-0.2, 0) is 6.18 Å². The molecule has 1 heterocycles. The van der Waals surface area contributed by atoms with Crippen LogP contribution in [0, 0.1) is 29.6 Å². The molecule has 0 aromatic carbocycles. The van der Waals surface area contributed by atoms with Crippen LogP contribution in [0.3, 0.4) is 0 Å². The van der Waals surface area contributed by atoms with Gasteiger partial charge in [-0.05, 0) is 67.5 Å². The number of alkyl halides is 3. The van der Waals surface area contributed by atoms with Crippen molar-refractivity contribution in [2.24, 2.45) is 29.6 Å². The third-order valence-corrected chi connectivity index (χ3v) is 5.98. The summed E-state index contributed by atoms with van der Waals surface area (Å²) in [4.78, 5) is 3.95. The van der Waals surface area contributed by atoms with Crippen molar-refractivity contribution in [3.05, 3.63) is 29.6 Å². The Morgan fingerprint density at radius 1 is 1.24 bits per heavy atom. The van der Waals surface area contributed by atoms with Gasteiger partial charge in [0, 0.05) is 18.4 Å². The van der Waals surface area contributed by atoms with Gasteiger partial charge >= 0.3 is 6.18 Å². The normalized spacial score (nSPS) is 38.4. The molecule has 0 amide bonds. The van der Waals surface area contributed by atoms with Crippen molar-refractivity contribution >= 4 is 0 Å². The van der Waals surface area contributed by atoms with E-state index in [1.807, 2.05) is 0 Å². The highest BCUT2D eigenvalue weighted by Gasteiger charge is 2.67. The third kappa shape index (κ3) is 1.93. The second kappa shape index (κ2) is 4.45. The summed E-state index contributed by atoms with van der Waals surface area (Å²) in [7, 11) is 1.77. The van der Waals surface area contributed by atoms with Crippen LogP contribution < -0.4 is 5.32 Å². The minimum Gasteiger partial charge on any atom is -0.313 e. The minimum absolute atomic E-state index is 0.214. The van der Waals surface area contributed by atoms with Crippen LogP contribution in [0.4, 0.5) is 13.2 Å². The van der Waals surface area contributed by atoms with Crippen molar-refractivity contribution in [2.75, 3.05) is 7.05 Å². The number of halogens is 3. The molecule has 2 bridgehead atoms. The predicted octanol–water partition coefficient (Wildman–Crippen LogP) is 3.65. The maximum Gasteiger partial charge on any atom is 0.416 e. The molecule has 1 aromatic rings. The largest absolute Gasteiger partial charge is 0.416 e. The minimum atomic E-state index is -4.31. The number of aromatic nitrogens is 1. The Morgan fingerprint density at radius 3 is 2.48 bits per heavy atom. The van der Waals surface area contributed by atoms with Gasteiger partial charge in [0.2, 0.25) is 0 Å². The summed E-state index contributed by atoms with van der Waals surface area (Å²) >= 11 is 0. The Bertz CT molecular complexity index is 541. The first-order chi connectivity index (χ1) is 10.0. The number of rotatable bonds is 3. The highest BCUT2D eigenvalue weighted by molar-refractivity contribution is 5.33. The second-order valence-corrected chi connectivity index (χ2v) is 6.79. The van der Waals surface area contributed by atoms with Gasteiger partial charge in [-0.25, -0.2) is 0 Å². The zero-order valence-electron chi connectivity index (χ0n) is 11.9. The van der Waals surface area contributed by atoms with Crippen molar-refractivity contribution < 1.29 is 13.2 Å². The molecule has 5 atom stereocenters. The maximum absolute atomic E-state index is 13.2. The number of nitrogens with zero attached hydrogens (tertiary/aromatic N) is 1. The maximum atomic E-state index is 13.2. The summed E-state index contributed by atoms with van der Waals surface area (Å²) < 4.78 is 39.7. The summed E-state index contributed by atoms with van der Waals surface area (Å²) in [5.74, 6) is 3.16. The van der Waals surface area contributed by atoms with E-state index in [1.165, 1.54) is 31.7 Å². The van der Waals surface area contributed by atoms with Gasteiger partial charge in [-0.15, -0.1) is 0 Å². The van der Waals surface area contributed by atoms with Gasteiger partial charge in [-0.2, -0.15) is 13.2 Å². The Hall–Kier alpha value is -1.10. The van der Waals surface area contributed by atoms with Crippen LogP contribution in [0.15, 0.2) is 18.5 Å². The molecule has 4 rings (SSSR count). The van der Waals surface area contributed by atoms with Gasteiger partial charge in [0.05, 0.1) is 5.56 Å². The van der Waals surface area contributed by atoms with Crippen LogP contribution in [0.5, 0.6) is 0 Å².